The maximum absolute atomic E-state index is 5.06. The van der Waals surface area contributed by atoms with Gasteiger partial charge in [-0.2, -0.15) is 5.10 Å². The minimum atomic E-state index is 0.357. The van der Waals surface area contributed by atoms with E-state index in [0.29, 0.717) is 17.9 Å². The molecule has 0 aliphatic carbocycles. The zero-order valence-corrected chi connectivity index (χ0v) is 11.1. The highest BCUT2D eigenvalue weighted by atomic mass is 16.5. The molecule has 2 aliphatic heterocycles. The van der Waals surface area contributed by atoms with Gasteiger partial charge in [0, 0.05) is 51.0 Å². The number of aromatic amines is 1. The van der Waals surface area contributed by atoms with Gasteiger partial charge in [0.25, 0.3) is 0 Å². The molecule has 0 aromatic carbocycles. The second kappa shape index (κ2) is 4.60. The van der Waals surface area contributed by atoms with Gasteiger partial charge >= 0.3 is 0 Å². The van der Waals surface area contributed by atoms with E-state index in [0.717, 1.165) is 44.2 Å². The molecule has 0 bridgehead atoms. The van der Waals surface area contributed by atoms with Gasteiger partial charge < -0.3 is 15.0 Å². The fourth-order valence-electron chi connectivity index (χ4n) is 3.15. The van der Waals surface area contributed by atoms with E-state index in [2.05, 4.69) is 32.4 Å². The highest BCUT2D eigenvalue weighted by Crippen LogP contribution is 2.43. The van der Waals surface area contributed by atoms with E-state index in [9.17, 15) is 0 Å². The molecule has 3 rings (SSSR count). The number of likely N-dealkylation sites (N-methyl/N-ethyl adjacent to an activating group) is 1. The fourth-order valence-corrected chi connectivity index (χ4v) is 3.15. The van der Waals surface area contributed by atoms with E-state index in [1.807, 2.05) is 0 Å². The van der Waals surface area contributed by atoms with Crippen molar-refractivity contribution in [1.82, 2.24) is 25.4 Å². The number of aromatic nitrogens is 3. The lowest BCUT2D eigenvalue weighted by Crippen LogP contribution is -2.57. The molecule has 1 aromatic heterocycles. The van der Waals surface area contributed by atoms with Gasteiger partial charge in [0.2, 0.25) is 0 Å². The molecule has 2 saturated heterocycles. The first-order valence-electron chi connectivity index (χ1n) is 6.53. The minimum Gasteiger partial charge on any atom is -0.384 e. The zero-order valence-electron chi connectivity index (χ0n) is 11.1. The maximum Gasteiger partial charge on any atom is 0.155 e. The first kappa shape index (κ1) is 12.1. The summed E-state index contributed by atoms with van der Waals surface area (Å²) in [5, 5.41) is 10.8. The van der Waals surface area contributed by atoms with Crippen LogP contribution in [0.2, 0.25) is 0 Å². The first-order chi connectivity index (χ1) is 8.73. The smallest absolute Gasteiger partial charge is 0.155 e. The standard InChI is InChI=1S/C12H21N5O/c1-17-5-9(12(8-17)6-13-7-12)11-14-10(15-16-11)3-4-18-2/h9,13H,3-8H2,1-2H3,(H,14,15,16). The molecular formula is C12H21N5O. The third-order valence-electron chi connectivity index (χ3n) is 4.18. The van der Waals surface area contributed by atoms with Crippen LogP contribution in [0.5, 0.6) is 0 Å². The van der Waals surface area contributed by atoms with Crippen molar-refractivity contribution >= 4 is 0 Å². The summed E-state index contributed by atoms with van der Waals surface area (Å²) in [6, 6.07) is 0. The quantitative estimate of drug-likeness (QED) is 0.763. The van der Waals surface area contributed by atoms with Crippen LogP contribution in [-0.2, 0) is 11.2 Å². The van der Waals surface area contributed by atoms with Crippen molar-refractivity contribution in [1.29, 1.82) is 0 Å². The van der Waals surface area contributed by atoms with E-state index in [1.54, 1.807) is 7.11 Å². The van der Waals surface area contributed by atoms with E-state index in [-0.39, 0.29) is 0 Å². The number of H-pyrrole nitrogens is 1. The van der Waals surface area contributed by atoms with Crippen LogP contribution in [0.1, 0.15) is 17.6 Å². The molecule has 3 heterocycles. The number of ether oxygens (including phenoxy) is 1. The summed E-state index contributed by atoms with van der Waals surface area (Å²) in [4.78, 5) is 7.03. The number of hydrogen-bond acceptors (Lipinski definition) is 5. The minimum absolute atomic E-state index is 0.357. The maximum atomic E-state index is 5.06. The summed E-state index contributed by atoms with van der Waals surface area (Å²) in [6.45, 7) is 5.07. The Morgan fingerprint density at radius 2 is 2.33 bits per heavy atom. The lowest BCUT2D eigenvalue weighted by Gasteiger charge is -2.42. The lowest BCUT2D eigenvalue weighted by atomic mass is 9.73. The Bertz CT molecular complexity index is 414. The summed E-state index contributed by atoms with van der Waals surface area (Å²) in [5.41, 5.74) is 0.357. The molecular weight excluding hydrogens is 230 g/mol. The third-order valence-corrected chi connectivity index (χ3v) is 4.18. The molecule has 1 aromatic rings. The normalized spacial score (nSPS) is 26.7. The third kappa shape index (κ3) is 1.94. The van der Waals surface area contributed by atoms with Crippen molar-refractivity contribution in [3.63, 3.8) is 0 Å². The fraction of sp³-hybridized carbons (Fsp3) is 0.833. The van der Waals surface area contributed by atoms with Gasteiger partial charge in [-0.25, -0.2) is 4.98 Å². The molecule has 2 N–H and O–H groups in total. The summed E-state index contributed by atoms with van der Waals surface area (Å²) in [7, 11) is 3.89. The second-order valence-corrected chi connectivity index (χ2v) is 5.60. The van der Waals surface area contributed by atoms with Gasteiger partial charge in [-0.3, -0.25) is 5.10 Å². The van der Waals surface area contributed by atoms with E-state index < -0.39 is 0 Å². The Hall–Kier alpha value is -0.980. The number of nitrogens with one attached hydrogen (secondary N) is 2. The molecule has 1 unspecified atom stereocenters. The first-order valence-corrected chi connectivity index (χ1v) is 6.53. The molecule has 6 heteroatoms. The SMILES string of the molecule is COCCc1nc(C2CN(C)CC23CNC3)n[nH]1. The van der Waals surface area contributed by atoms with Gasteiger partial charge in [-0.15, -0.1) is 0 Å². The van der Waals surface area contributed by atoms with Crippen LogP contribution in [-0.4, -0.2) is 67.0 Å². The van der Waals surface area contributed by atoms with Crippen molar-refractivity contribution < 1.29 is 4.74 Å². The Morgan fingerprint density at radius 3 is 3.00 bits per heavy atom. The molecule has 0 amide bonds. The second-order valence-electron chi connectivity index (χ2n) is 5.60. The highest BCUT2D eigenvalue weighted by molar-refractivity contribution is 5.16. The molecule has 2 aliphatic rings. The van der Waals surface area contributed by atoms with Gasteiger partial charge in [-0.1, -0.05) is 0 Å². The van der Waals surface area contributed by atoms with Crippen LogP contribution in [0.15, 0.2) is 0 Å². The van der Waals surface area contributed by atoms with Crippen LogP contribution in [0.25, 0.3) is 0 Å². The molecule has 2 fully saturated rings. The van der Waals surface area contributed by atoms with Crippen molar-refractivity contribution in [2.24, 2.45) is 5.41 Å². The molecule has 0 radical (unpaired) electrons. The summed E-state index contributed by atoms with van der Waals surface area (Å²) in [5.74, 6) is 2.37. The predicted octanol–water partition coefficient (Wildman–Crippen LogP) is -0.388. The lowest BCUT2D eigenvalue weighted by molar-refractivity contribution is 0.154. The Labute approximate surface area is 107 Å². The Kier molecular flexibility index (Phi) is 3.09. The van der Waals surface area contributed by atoms with Crippen molar-refractivity contribution in [2.75, 3.05) is 46.9 Å². The number of likely N-dealkylation sites (tertiary alicyclic amines) is 1. The van der Waals surface area contributed by atoms with Crippen molar-refractivity contribution in [2.45, 2.75) is 12.3 Å². The van der Waals surface area contributed by atoms with Crippen molar-refractivity contribution in [3.8, 4) is 0 Å². The monoisotopic (exact) mass is 251 g/mol. The molecule has 6 nitrogen and oxygen atoms in total. The van der Waals surface area contributed by atoms with Crippen LogP contribution in [0, 0.1) is 5.41 Å². The molecule has 1 atom stereocenters. The highest BCUT2D eigenvalue weighted by Gasteiger charge is 2.51. The van der Waals surface area contributed by atoms with Crippen LogP contribution in [0.4, 0.5) is 0 Å². The Balaban J connectivity index is 1.75. The number of hydrogen-bond donors (Lipinski definition) is 2. The summed E-state index contributed by atoms with van der Waals surface area (Å²) in [6.07, 6.45) is 0.803. The van der Waals surface area contributed by atoms with Gasteiger partial charge in [0.1, 0.15) is 5.82 Å². The number of methoxy groups -OCH3 is 1. The molecule has 0 saturated carbocycles. The Morgan fingerprint density at radius 1 is 1.50 bits per heavy atom. The van der Waals surface area contributed by atoms with Crippen molar-refractivity contribution in [3.05, 3.63) is 11.6 Å². The summed E-state index contributed by atoms with van der Waals surface area (Å²) >= 11 is 0. The van der Waals surface area contributed by atoms with Gasteiger partial charge in [0.15, 0.2) is 5.82 Å². The van der Waals surface area contributed by atoms with Crippen LogP contribution in [0.3, 0.4) is 0 Å². The number of rotatable bonds is 4. The van der Waals surface area contributed by atoms with E-state index in [4.69, 9.17) is 4.74 Å². The average molecular weight is 251 g/mol. The largest absolute Gasteiger partial charge is 0.384 e. The molecule has 18 heavy (non-hydrogen) atoms. The van der Waals surface area contributed by atoms with Crippen LogP contribution >= 0.6 is 0 Å². The van der Waals surface area contributed by atoms with Gasteiger partial charge in [0.05, 0.1) is 6.61 Å². The zero-order chi connectivity index (χ0) is 12.6. The van der Waals surface area contributed by atoms with Gasteiger partial charge in [-0.05, 0) is 7.05 Å². The van der Waals surface area contributed by atoms with Crippen LogP contribution < -0.4 is 5.32 Å². The molecule has 1 spiro atoms. The molecule has 100 valence electrons. The van der Waals surface area contributed by atoms with E-state index >= 15 is 0 Å². The van der Waals surface area contributed by atoms with E-state index in [1.165, 1.54) is 0 Å². The topological polar surface area (TPSA) is 66.1 Å². The average Bonchev–Trinajstić information content (AvgIpc) is 2.89. The number of nitrogens with zero attached hydrogens (tertiary/aromatic N) is 3. The predicted molar refractivity (Wildman–Crippen MR) is 67.5 cm³/mol. The summed E-state index contributed by atoms with van der Waals surface area (Å²) < 4.78 is 5.06.